The highest BCUT2D eigenvalue weighted by Crippen LogP contribution is 2.36. The predicted octanol–water partition coefficient (Wildman–Crippen LogP) is 4.61. The van der Waals surface area contributed by atoms with Crippen LogP contribution in [0.25, 0.3) is 0 Å². The molecule has 0 aromatic heterocycles. The van der Waals surface area contributed by atoms with Crippen LogP contribution in [0.15, 0.2) is 42.5 Å². The number of halogens is 1. The number of rotatable bonds is 5. The van der Waals surface area contributed by atoms with Crippen LogP contribution in [0.4, 0.5) is 10.1 Å². The van der Waals surface area contributed by atoms with Crippen molar-refractivity contribution in [1.82, 2.24) is 0 Å². The Labute approximate surface area is 159 Å². The normalized spacial score (nSPS) is 16.2. The second-order valence-electron chi connectivity index (χ2n) is 7.30. The van der Waals surface area contributed by atoms with Gasteiger partial charge in [0, 0.05) is 18.9 Å². The molecule has 1 amide bonds. The van der Waals surface area contributed by atoms with Gasteiger partial charge in [0.05, 0.1) is 11.5 Å². The second-order valence-corrected chi connectivity index (χ2v) is 7.30. The number of carbonyl (C=O) groups excluding carboxylic acids is 1. The maximum absolute atomic E-state index is 13.4. The van der Waals surface area contributed by atoms with Crippen molar-refractivity contribution in [3.8, 4) is 5.75 Å². The molecule has 5 heteroatoms. The number of ether oxygens (including phenoxy) is 2. The molecule has 1 aliphatic heterocycles. The van der Waals surface area contributed by atoms with E-state index in [9.17, 15) is 9.18 Å². The summed E-state index contributed by atoms with van der Waals surface area (Å²) in [6.45, 7) is 6.92. The van der Waals surface area contributed by atoms with E-state index in [0.29, 0.717) is 26.1 Å². The van der Waals surface area contributed by atoms with E-state index < -0.39 is 5.41 Å². The average Bonchev–Trinajstić information content (AvgIpc) is 2.65. The van der Waals surface area contributed by atoms with Crippen molar-refractivity contribution in [2.75, 3.05) is 18.5 Å². The van der Waals surface area contributed by atoms with Gasteiger partial charge >= 0.3 is 0 Å². The first kappa shape index (κ1) is 19.4. The van der Waals surface area contributed by atoms with Crippen molar-refractivity contribution in [3.05, 3.63) is 59.4 Å². The summed E-state index contributed by atoms with van der Waals surface area (Å²) in [5.74, 6) is 0.411. The predicted molar refractivity (Wildman–Crippen MR) is 104 cm³/mol. The molecular formula is C22H26FNO3. The lowest BCUT2D eigenvalue weighted by molar-refractivity contribution is -0.125. The zero-order valence-electron chi connectivity index (χ0n) is 16.0. The number of amides is 1. The highest BCUT2D eigenvalue weighted by atomic mass is 19.1. The minimum atomic E-state index is -0.715. The molecule has 2 aromatic rings. The Morgan fingerprint density at radius 1 is 1.15 bits per heavy atom. The van der Waals surface area contributed by atoms with E-state index in [-0.39, 0.29) is 17.8 Å². The number of hydrogen-bond acceptors (Lipinski definition) is 3. The van der Waals surface area contributed by atoms with E-state index >= 15 is 0 Å². The summed E-state index contributed by atoms with van der Waals surface area (Å²) in [6, 6.07) is 11.8. The standard InChI is InChI=1S/C22H26FNO3/c1-15(2)27-20-9-8-19(14-16(20)3)24-21(25)22(10-12-26-13-11-22)17-4-6-18(23)7-5-17/h4-9,14-15H,10-13H2,1-3H3,(H,24,25). The number of benzene rings is 2. The molecular weight excluding hydrogens is 345 g/mol. The fourth-order valence-electron chi connectivity index (χ4n) is 3.50. The van der Waals surface area contributed by atoms with Gasteiger partial charge in [0.2, 0.25) is 5.91 Å². The van der Waals surface area contributed by atoms with Gasteiger partial charge in [-0.15, -0.1) is 0 Å². The monoisotopic (exact) mass is 371 g/mol. The minimum absolute atomic E-state index is 0.0886. The summed E-state index contributed by atoms with van der Waals surface area (Å²) >= 11 is 0. The molecule has 0 bridgehead atoms. The molecule has 0 aliphatic carbocycles. The Kier molecular flexibility index (Phi) is 5.80. The molecule has 0 unspecified atom stereocenters. The van der Waals surface area contributed by atoms with Crippen LogP contribution in [-0.4, -0.2) is 25.2 Å². The molecule has 0 atom stereocenters. The van der Waals surface area contributed by atoms with Gasteiger partial charge in [-0.25, -0.2) is 4.39 Å². The third kappa shape index (κ3) is 4.30. The van der Waals surface area contributed by atoms with Gasteiger partial charge in [-0.05, 0) is 75.1 Å². The average molecular weight is 371 g/mol. The maximum Gasteiger partial charge on any atom is 0.235 e. The molecule has 1 heterocycles. The number of hydrogen-bond donors (Lipinski definition) is 1. The van der Waals surface area contributed by atoms with Crippen molar-refractivity contribution >= 4 is 11.6 Å². The topological polar surface area (TPSA) is 47.6 Å². The van der Waals surface area contributed by atoms with Crippen LogP contribution in [0.5, 0.6) is 5.75 Å². The Morgan fingerprint density at radius 2 is 1.81 bits per heavy atom. The quantitative estimate of drug-likeness (QED) is 0.835. The summed E-state index contributed by atoms with van der Waals surface area (Å²) < 4.78 is 24.6. The lowest BCUT2D eigenvalue weighted by Gasteiger charge is -2.36. The van der Waals surface area contributed by atoms with Crippen LogP contribution >= 0.6 is 0 Å². The van der Waals surface area contributed by atoms with E-state index in [1.54, 1.807) is 12.1 Å². The number of anilines is 1. The molecule has 1 saturated heterocycles. The largest absolute Gasteiger partial charge is 0.491 e. The summed E-state index contributed by atoms with van der Waals surface area (Å²) in [7, 11) is 0. The van der Waals surface area contributed by atoms with Crippen LogP contribution in [0.2, 0.25) is 0 Å². The van der Waals surface area contributed by atoms with Crippen LogP contribution in [0.3, 0.4) is 0 Å². The van der Waals surface area contributed by atoms with Crippen LogP contribution in [0, 0.1) is 12.7 Å². The first-order chi connectivity index (χ1) is 12.9. The van der Waals surface area contributed by atoms with Gasteiger partial charge in [0.1, 0.15) is 11.6 Å². The molecule has 2 aromatic carbocycles. The molecule has 3 rings (SSSR count). The lowest BCUT2D eigenvalue weighted by atomic mass is 9.73. The zero-order valence-corrected chi connectivity index (χ0v) is 16.0. The van der Waals surface area contributed by atoms with Crippen LogP contribution in [0.1, 0.15) is 37.8 Å². The Morgan fingerprint density at radius 3 is 2.41 bits per heavy atom. The van der Waals surface area contributed by atoms with Gasteiger partial charge in [0.25, 0.3) is 0 Å². The van der Waals surface area contributed by atoms with Crippen molar-refractivity contribution in [2.45, 2.75) is 45.1 Å². The lowest BCUT2D eigenvalue weighted by Crippen LogP contribution is -2.44. The molecule has 27 heavy (non-hydrogen) atoms. The van der Waals surface area contributed by atoms with E-state index in [2.05, 4.69) is 5.32 Å². The third-order valence-corrected chi connectivity index (χ3v) is 4.97. The molecule has 0 saturated carbocycles. The SMILES string of the molecule is Cc1cc(NC(=O)C2(c3ccc(F)cc3)CCOCC2)ccc1OC(C)C. The smallest absolute Gasteiger partial charge is 0.235 e. The Hall–Kier alpha value is -2.40. The first-order valence-electron chi connectivity index (χ1n) is 9.33. The maximum atomic E-state index is 13.4. The molecule has 144 valence electrons. The number of nitrogens with one attached hydrogen (secondary N) is 1. The molecule has 1 aliphatic rings. The van der Waals surface area contributed by atoms with Crippen molar-refractivity contribution in [3.63, 3.8) is 0 Å². The van der Waals surface area contributed by atoms with Gasteiger partial charge in [-0.1, -0.05) is 12.1 Å². The number of carbonyl (C=O) groups is 1. The Balaban J connectivity index is 1.85. The summed E-state index contributed by atoms with van der Waals surface area (Å²) in [6.07, 6.45) is 1.23. The zero-order chi connectivity index (χ0) is 19.4. The summed E-state index contributed by atoms with van der Waals surface area (Å²) in [5.41, 5.74) is 1.79. The molecule has 1 N–H and O–H groups in total. The van der Waals surface area contributed by atoms with Gasteiger partial charge in [-0.3, -0.25) is 4.79 Å². The van der Waals surface area contributed by atoms with Gasteiger partial charge in [0.15, 0.2) is 0 Å². The van der Waals surface area contributed by atoms with Crippen molar-refractivity contribution < 1.29 is 18.7 Å². The first-order valence-corrected chi connectivity index (χ1v) is 9.33. The number of aryl methyl sites for hydroxylation is 1. The van der Waals surface area contributed by atoms with E-state index in [4.69, 9.17) is 9.47 Å². The minimum Gasteiger partial charge on any atom is -0.491 e. The van der Waals surface area contributed by atoms with Crippen molar-refractivity contribution in [1.29, 1.82) is 0 Å². The fraction of sp³-hybridized carbons (Fsp3) is 0.409. The molecule has 0 spiro atoms. The summed E-state index contributed by atoms with van der Waals surface area (Å²) in [5, 5.41) is 3.04. The summed E-state index contributed by atoms with van der Waals surface area (Å²) in [4.78, 5) is 13.3. The second kappa shape index (κ2) is 8.09. The third-order valence-electron chi connectivity index (χ3n) is 4.97. The molecule has 4 nitrogen and oxygen atoms in total. The fourth-order valence-corrected chi connectivity index (χ4v) is 3.50. The molecule has 1 fully saturated rings. The van der Waals surface area contributed by atoms with Crippen LogP contribution < -0.4 is 10.1 Å². The van der Waals surface area contributed by atoms with Crippen molar-refractivity contribution in [2.24, 2.45) is 0 Å². The van der Waals surface area contributed by atoms with Crippen LogP contribution in [-0.2, 0) is 14.9 Å². The van der Waals surface area contributed by atoms with E-state index in [1.165, 1.54) is 12.1 Å². The van der Waals surface area contributed by atoms with E-state index in [1.807, 2.05) is 39.0 Å². The van der Waals surface area contributed by atoms with E-state index in [0.717, 1.165) is 22.6 Å². The van der Waals surface area contributed by atoms with Gasteiger partial charge in [-0.2, -0.15) is 0 Å². The molecule has 0 radical (unpaired) electrons. The Bertz CT molecular complexity index is 796. The van der Waals surface area contributed by atoms with Gasteiger partial charge < -0.3 is 14.8 Å². The highest BCUT2D eigenvalue weighted by Gasteiger charge is 2.41. The highest BCUT2D eigenvalue weighted by molar-refractivity contribution is 5.99.